The molecule has 3 atom stereocenters. The van der Waals surface area contributed by atoms with E-state index in [2.05, 4.69) is 5.32 Å². The number of aliphatic carboxylic acids is 1. The number of carbonyl (C=O) groups excluding carboxylic acids is 3. The molecule has 2 aromatic carbocycles. The first-order valence-corrected chi connectivity index (χ1v) is 10.3. The number of nitrogens with zero attached hydrogens (tertiary/aromatic N) is 1. The number of carbonyl (C=O) groups is 3. The van der Waals surface area contributed by atoms with Gasteiger partial charge in [0, 0.05) is 4.75 Å². The van der Waals surface area contributed by atoms with E-state index < -0.39 is 40.0 Å². The number of carboxylic acids is 1. The predicted octanol–water partition coefficient (Wildman–Crippen LogP) is -1.85. The third-order valence-corrected chi connectivity index (χ3v) is 6.94. The van der Waals surface area contributed by atoms with E-state index in [-0.39, 0.29) is 29.6 Å². The molecule has 2 fully saturated rings. The van der Waals surface area contributed by atoms with Gasteiger partial charge in [0.2, 0.25) is 5.91 Å². The Balaban J connectivity index is 0.00000256. The first-order chi connectivity index (χ1) is 13.8. The largest absolute Gasteiger partial charge is 1.00 e. The van der Waals surface area contributed by atoms with Crippen LogP contribution in [-0.4, -0.2) is 51.5 Å². The average molecular weight is 436 g/mol. The molecule has 0 radical (unpaired) electrons. The van der Waals surface area contributed by atoms with Gasteiger partial charge in [0.05, 0.1) is 24.2 Å². The summed E-state index contributed by atoms with van der Waals surface area (Å²) in [5.41, 5.74) is 0.370. The monoisotopic (exact) mass is 436 g/mol. The van der Waals surface area contributed by atoms with E-state index in [0.29, 0.717) is 17.9 Å². The molecule has 7 nitrogen and oxygen atoms in total. The number of fused-ring (bicyclic) bond motifs is 2. The molecule has 2 aliphatic heterocycles. The molecule has 0 aromatic heterocycles. The van der Waals surface area contributed by atoms with Gasteiger partial charge in [-0.2, -0.15) is 0 Å². The van der Waals surface area contributed by atoms with Crippen LogP contribution in [0.5, 0.6) is 5.75 Å². The van der Waals surface area contributed by atoms with Crippen molar-refractivity contribution in [2.75, 3.05) is 6.61 Å². The SMILES string of the molecule is CCOc1ccc2ccccc2c1C(=O)N[C@H]1C(=O)N2[C@H]1SC(C)(C)[C@H]2C(=O)[O-].[Na+]. The van der Waals surface area contributed by atoms with Crippen LogP contribution in [0.3, 0.4) is 0 Å². The van der Waals surface area contributed by atoms with Crippen molar-refractivity contribution in [3.63, 3.8) is 0 Å². The summed E-state index contributed by atoms with van der Waals surface area (Å²) in [6.07, 6.45) is 0. The molecule has 1 N–H and O–H groups in total. The zero-order valence-electron chi connectivity index (χ0n) is 17.3. The molecule has 30 heavy (non-hydrogen) atoms. The molecule has 0 saturated carbocycles. The van der Waals surface area contributed by atoms with Crippen LogP contribution in [0.1, 0.15) is 31.1 Å². The molecule has 9 heteroatoms. The van der Waals surface area contributed by atoms with Crippen LogP contribution < -0.4 is 44.7 Å². The van der Waals surface area contributed by atoms with Gasteiger partial charge in [-0.1, -0.05) is 30.3 Å². The number of β-lactam (4-membered cyclic amide) rings is 1. The van der Waals surface area contributed by atoms with Crippen molar-refractivity contribution in [3.05, 3.63) is 42.0 Å². The third kappa shape index (κ3) is 3.60. The number of hydrogen-bond donors (Lipinski definition) is 1. The molecule has 2 aromatic rings. The van der Waals surface area contributed by atoms with Crippen molar-refractivity contribution in [1.82, 2.24) is 10.2 Å². The Morgan fingerprint density at radius 1 is 1.23 bits per heavy atom. The summed E-state index contributed by atoms with van der Waals surface area (Å²) in [6, 6.07) is 9.28. The quantitative estimate of drug-likeness (QED) is 0.437. The Kier molecular flexibility index (Phi) is 6.43. The van der Waals surface area contributed by atoms with Crippen LogP contribution in [0.2, 0.25) is 0 Å². The van der Waals surface area contributed by atoms with Crippen molar-refractivity contribution in [1.29, 1.82) is 0 Å². The Morgan fingerprint density at radius 3 is 2.60 bits per heavy atom. The number of carboxylic acid groups (broad SMARTS) is 1. The fourth-order valence-corrected chi connectivity index (χ4v) is 5.72. The summed E-state index contributed by atoms with van der Waals surface area (Å²) in [6.45, 7) is 5.76. The number of amides is 2. The number of nitrogens with one attached hydrogen (secondary N) is 1. The maximum atomic E-state index is 13.2. The summed E-state index contributed by atoms with van der Waals surface area (Å²) >= 11 is 1.36. The molecule has 2 aliphatic rings. The zero-order chi connectivity index (χ0) is 20.9. The molecule has 0 spiro atoms. The maximum absolute atomic E-state index is 13.2. The maximum Gasteiger partial charge on any atom is 1.00 e. The minimum atomic E-state index is -1.28. The van der Waals surface area contributed by atoms with Crippen LogP contribution in [0, 0.1) is 0 Å². The first kappa shape index (κ1) is 22.9. The van der Waals surface area contributed by atoms with Gasteiger partial charge in [0.1, 0.15) is 17.2 Å². The standard InChI is InChI=1S/C21H22N2O5S.Na/c1-4-28-13-10-9-11-7-5-6-8-12(11)14(13)17(24)22-15-18(25)23-16(20(26)27)21(2,3)29-19(15)23;/h5-10,15-16,19H,4H2,1-3H3,(H,22,24)(H,26,27);/q;+1/p-1/t15-,16+,19-;/m0./s1. The minimum absolute atomic E-state index is 0. The van der Waals surface area contributed by atoms with Crippen molar-refractivity contribution >= 4 is 40.3 Å². The first-order valence-electron chi connectivity index (χ1n) is 9.42. The van der Waals surface area contributed by atoms with Gasteiger partial charge in [0.15, 0.2) is 0 Å². The summed E-state index contributed by atoms with van der Waals surface area (Å²) in [7, 11) is 0. The normalized spacial score (nSPS) is 23.9. The molecule has 0 bridgehead atoms. The van der Waals surface area contributed by atoms with E-state index in [0.717, 1.165) is 10.8 Å². The summed E-state index contributed by atoms with van der Waals surface area (Å²) in [5.74, 6) is -1.66. The van der Waals surface area contributed by atoms with Gasteiger partial charge >= 0.3 is 29.6 Å². The predicted molar refractivity (Wildman–Crippen MR) is 107 cm³/mol. The molecule has 0 aliphatic carbocycles. The molecular weight excluding hydrogens is 415 g/mol. The minimum Gasteiger partial charge on any atom is -0.548 e. The van der Waals surface area contributed by atoms with Crippen molar-refractivity contribution in [3.8, 4) is 5.75 Å². The van der Waals surface area contributed by atoms with Gasteiger partial charge in [-0.05, 0) is 37.6 Å². The number of thioether (sulfide) groups is 1. The Labute approximate surface area is 200 Å². The van der Waals surface area contributed by atoms with E-state index in [1.807, 2.05) is 37.3 Å². The molecule has 0 unspecified atom stereocenters. The zero-order valence-corrected chi connectivity index (χ0v) is 20.1. The van der Waals surface area contributed by atoms with Crippen LogP contribution in [0.15, 0.2) is 36.4 Å². The Morgan fingerprint density at radius 2 is 1.93 bits per heavy atom. The molecular formula is C21H21N2NaO5S. The van der Waals surface area contributed by atoms with Crippen molar-refractivity contribution in [2.45, 2.75) is 43.0 Å². The van der Waals surface area contributed by atoms with Crippen LogP contribution in [0.25, 0.3) is 10.8 Å². The fourth-order valence-electron chi connectivity index (χ4n) is 4.10. The van der Waals surface area contributed by atoms with Gasteiger partial charge < -0.3 is 24.9 Å². The van der Waals surface area contributed by atoms with Gasteiger partial charge in [-0.3, -0.25) is 9.59 Å². The van der Waals surface area contributed by atoms with E-state index in [1.165, 1.54) is 16.7 Å². The van der Waals surface area contributed by atoms with Gasteiger partial charge in [-0.15, -0.1) is 11.8 Å². The fraction of sp³-hybridized carbons (Fsp3) is 0.381. The Hall–Kier alpha value is -1.74. The second kappa shape index (κ2) is 8.42. The molecule has 2 heterocycles. The van der Waals surface area contributed by atoms with Crippen LogP contribution in [-0.2, 0) is 9.59 Å². The number of benzene rings is 2. The van der Waals surface area contributed by atoms with E-state index in [4.69, 9.17) is 4.74 Å². The summed E-state index contributed by atoms with van der Waals surface area (Å²) < 4.78 is 4.95. The molecule has 2 saturated heterocycles. The number of hydrogen-bond acceptors (Lipinski definition) is 6. The van der Waals surface area contributed by atoms with E-state index in [1.54, 1.807) is 19.9 Å². The average Bonchev–Trinajstić information content (AvgIpc) is 2.94. The van der Waals surface area contributed by atoms with Crippen LogP contribution >= 0.6 is 11.8 Å². The van der Waals surface area contributed by atoms with Crippen molar-refractivity contribution < 1.29 is 53.8 Å². The number of rotatable bonds is 5. The topological polar surface area (TPSA) is 98.8 Å². The summed E-state index contributed by atoms with van der Waals surface area (Å²) in [5, 5.41) is 15.5. The van der Waals surface area contributed by atoms with Gasteiger partial charge in [-0.25, -0.2) is 0 Å². The number of ether oxygens (including phenoxy) is 1. The summed E-state index contributed by atoms with van der Waals surface area (Å²) in [4.78, 5) is 38.7. The molecule has 2 amide bonds. The second-order valence-electron chi connectivity index (χ2n) is 7.62. The molecule has 4 rings (SSSR count). The smallest absolute Gasteiger partial charge is 0.548 e. The van der Waals surface area contributed by atoms with Crippen molar-refractivity contribution in [2.24, 2.45) is 0 Å². The molecule has 152 valence electrons. The van der Waals surface area contributed by atoms with Gasteiger partial charge in [0.25, 0.3) is 5.91 Å². The van der Waals surface area contributed by atoms with Crippen LogP contribution in [0.4, 0.5) is 0 Å². The van der Waals surface area contributed by atoms with E-state index in [9.17, 15) is 19.5 Å². The Bertz CT molecular complexity index is 1030. The third-order valence-electron chi connectivity index (χ3n) is 5.37. The van der Waals surface area contributed by atoms with E-state index >= 15 is 0 Å². The second-order valence-corrected chi connectivity index (χ2v) is 9.39.